The normalized spacial score (nSPS) is 15.8. The molecule has 0 aromatic heterocycles. The molecule has 0 spiro atoms. The molecule has 0 unspecified atom stereocenters. The first kappa shape index (κ1) is 14.1. The maximum absolute atomic E-state index is 12.3. The Morgan fingerprint density at radius 2 is 1.55 bits per heavy atom. The van der Waals surface area contributed by atoms with E-state index in [4.69, 9.17) is 0 Å². The Morgan fingerprint density at radius 1 is 1.05 bits per heavy atom. The van der Waals surface area contributed by atoms with Gasteiger partial charge in [-0.1, -0.05) is 0 Å². The van der Waals surface area contributed by atoms with E-state index in [0.717, 1.165) is 0 Å². The van der Waals surface area contributed by atoms with Crippen molar-refractivity contribution in [3.63, 3.8) is 0 Å². The standard InChI is InChI=1S/C12H14N4O4/c1-5(17)13-6-7(14-12(2,3)4)11(19)9-8(10(6)18)15-20-16-9/h15-16H,1-4H3. The van der Waals surface area contributed by atoms with Crippen LogP contribution >= 0.6 is 0 Å². The van der Waals surface area contributed by atoms with Gasteiger partial charge in [-0.2, -0.15) is 4.94 Å². The van der Waals surface area contributed by atoms with Gasteiger partial charge in [-0.15, -0.1) is 0 Å². The van der Waals surface area contributed by atoms with Crippen LogP contribution in [0.5, 0.6) is 0 Å². The molecule has 1 aliphatic heterocycles. The zero-order valence-corrected chi connectivity index (χ0v) is 11.5. The van der Waals surface area contributed by atoms with Crippen LogP contribution in [0, 0.1) is 0 Å². The van der Waals surface area contributed by atoms with Crippen LogP contribution in [-0.4, -0.2) is 11.4 Å². The van der Waals surface area contributed by atoms with Crippen molar-refractivity contribution < 1.29 is 9.73 Å². The maximum Gasteiger partial charge on any atom is 0.243 e. The zero-order chi connectivity index (χ0) is 15.1. The monoisotopic (exact) mass is 278 g/mol. The van der Waals surface area contributed by atoms with Crippen LogP contribution in [-0.2, 0) is 9.73 Å². The molecule has 0 radical (unpaired) electrons. The Labute approximate surface area is 113 Å². The van der Waals surface area contributed by atoms with E-state index in [1.165, 1.54) is 6.92 Å². The molecule has 0 saturated carbocycles. The van der Waals surface area contributed by atoms with Crippen molar-refractivity contribution in [2.24, 2.45) is 9.98 Å². The molecule has 0 atom stereocenters. The number of hydrogen-bond donors (Lipinski definition) is 2. The number of hydrogen-bond acceptors (Lipinski definition) is 7. The third-order valence-electron chi connectivity index (χ3n) is 2.38. The zero-order valence-electron chi connectivity index (χ0n) is 11.5. The van der Waals surface area contributed by atoms with Crippen LogP contribution in [0.15, 0.2) is 19.6 Å². The van der Waals surface area contributed by atoms with E-state index < -0.39 is 22.3 Å². The van der Waals surface area contributed by atoms with Crippen LogP contribution in [0.2, 0.25) is 0 Å². The second-order valence-corrected chi connectivity index (χ2v) is 5.33. The van der Waals surface area contributed by atoms with E-state index in [1.54, 1.807) is 20.8 Å². The molecule has 20 heavy (non-hydrogen) atoms. The first-order chi connectivity index (χ1) is 9.20. The fourth-order valence-corrected chi connectivity index (χ4v) is 1.70. The van der Waals surface area contributed by atoms with Crippen molar-refractivity contribution in [2.75, 3.05) is 11.0 Å². The molecule has 0 bridgehead atoms. The predicted octanol–water partition coefficient (Wildman–Crippen LogP) is -0.887. The fraction of sp³-hybridized carbons (Fsp3) is 0.417. The number of nitrogens with zero attached hydrogens (tertiary/aromatic N) is 2. The highest BCUT2D eigenvalue weighted by Crippen LogP contribution is 2.15. The lowest BCUT2D eigenvalue weighted by atomic mass is 10.1. The van der Waals surface area contributed by atoms with E-state index in [1.807, 2.05) is 0 Å². The number of rotatable bonds is 0. The van der Waals surface area contributed by atoms with E-state index in [-0.39, 0.29) is 22.1 Å². The Kier molecular flexibility index (Phi) is 3.26. The van der Waals surface area contributed by atoms with Gasteiger partial charge in [-0.05, 0) is 20.8 Å². The van der Waals surface area contributed by atoms with Gasteiger partial charge in [0.15, 0.2) is 0 Å². The summed E-state index contributed by atoms with van der Waals surface area (Å²) in [6.45, 7) is 6.50. The van der Waals surface area contributed by atoms with Crippen LogP contribution < -0.4 is 32.5 Å². The summed E-state index contributed by atoms with van der Waals surface area (Å²) in [5, 5.41) is -0.410. The molecule has 1 aromatic rings. The average molecular weight is 278 g/mol. The summed E-state index contributed by atoms with van der Waals surface area (Å²) in [7, 11) is 0. The Bertz CT molecular complexity index is 795. The van der Waals surface area contributed by atoms with Gasteiger partial charge in [-0.25, -0.2) is 16.0 Å². The summed E-state index contributed by atoms with van der Waals surface area (Å²) in [5.41, 5.74) is 2.73. The molecule has 0 fully saturated rings. The van der Waals surface area contributed by atoms with Gasteiger partial charge in [0, 0.05) is 6.92 Å². The first-order valence-electron chi connectivity index (χ1n) is 5.92. The van der Waals surface area contributed by atoms with Gasteiger partial charge in [0.25, 0.3) is 0 Å². The van der Waals surface area contributed by atoms with Gasteiger partial charge in [0.1, 0.15) is 22.1 Å². The van der Waals surface area contributed by atoms with Crippen molar-refractivity contribution in [1.82, 2.24) is 0 Å². The number of carbonyl (C=O) groups excluding carboxylic acids is 1. The summed E-state index contributed by atoms with van der Waals surface area (Å²) in [5.74, 6) is -0.585. The molecule has 2 rings (SSSR count). The van der Waals surface area contributed by atoms with Crippen molar-refractivity contribution in [3.05, 3.63) is 31.2 Å². The molecule has 8 heteroatoms. The topological polar surface area (TPSA) is 109 Å². The Morgan fingerprint density at radius 3 is 2.00 bits per heavy atom. The molecule has 106 valence electrons. The van der Waals surface area contributed by atoms with E-state index in [2.05, 4.69) is 25.9 Å². The van der Waals surface area contributed by atoms with E-state index in [0.29, 0.717) is 0 Å². The molecule has 1 aromatic carbocycles. The van der Waals surface area contributed by atoms with E-state index >= 15 is 0 Å². The van der Waals surface area contributed by atoms with Gasteiger partial charge in [0.05, 0.1) is 5.54 Å². The minimum Gasteiger partial charge on any atom is -0.285 e. The lowest BCUT2D eigenvalue weighted by Crippen LogP contribution is -2.50. The van der Waals surface area contributed by atoms with Gasteiger partial charge >= 0.3 is 0 Å². The number of anilines is 2. The molecular weight excluding hydrogens is 264 g/mol. The third-order valence-corrected chi connectivity index (χ3v) is 2.38. The highest BCUT2D eigenvalue weighted by molar-refractivity contribution is 5.74. The highest BCUT2D eigenvalue weighted by Gasteiger charge is 2.23. The lowest BCUT2D eigenvalue weighted by molar-refractivity contribution is -0.116. The smallest absolute Gasteiger partial charge is 0.243 e. The number of nitrogens with one attached hydrogen (secondary N) is 2. The minimum atomic E-state index is -0.609. The fourth-order valence-electron chi connectivity index (χ4n) is 1.70. The predicted molar refractivity (Wildman–Crippen MR) is 71.2 cm³/mol. The second kappa shape index (κ2) is 4.64. The largest absolute Gasteiger partial charge is 0.285 e. The molecule has 8 nitrogen and oxygen atoms in total. The van der Waals surface area contributed by atoms with Crippen LogP contribution in [0.4, 0.5) is 11.4 Å². The van der Waals surface area contributed by atoms with Gasteiger partial charge in [-0.3, -0.25) is 19.4 Å². The quantitative estimate of drug-likeness (QED) is 0.637. The van der Waals surface area contributed by atoms with Crippen molar-refractivity contribution in [1.29, 1.82) is 0 Å². The summed E-state index contributed by atoms with van der Waals surface area (Å²) >= 11 is 0. The number of fused-ring (bicyclic) bond motifs is 1. The minimum absolute atomic E-state index is 0.0273. The van der Waals surface area contributed by atoms with Crippen LogP contribution in [0.1, 0.15) is 27.7 Å². The molecule has 1 amide bonds. The van der Waals surface area contributed by atoms with Crippen LogP contribution in [0.25, 0.3) is 0 Å². The molecule has 0 saturated heterocycles. The van der Waals surface area contributed by atoms with Crippen molar-refractivity contribution in [3.8, 4) is 0 Å². The summed E-state index contributed by atoms with van der Waals surface area (Å²) in [6, 6.07) is 0. The summed E-state index contributed by atoms with van der Waals surface area (Å²) < 4.78 is 0. The van der Waals surface area contributed by atoms with Crippen molar-refractivity contribution >= 4 is 17.3 Å². The second-order valence-electron chi connectivity index (χ2n) is 5.33. The number of benzene rings is 1. The average Bonchev–Trinajstić information content (AvgIpc) is 2.78. The SMILES string of the molecule is CC(=O)N=c1c(=O)c2c(c(=O)c1=NC(C)(C)C)NON2. The Balaban J connectivity index is 3.04. The third kappa shape index (κ3) is 2.50. The highest BCUT2D eigenvalue weighted by atomic mass is 16.8. The van der Waals surface area contributed by atoms with Gasteiger partial charge < -0.3 is 0 Å². The number of carbonyl (C=O) groups is 1. The molecule has 1 heterocycles. The summed E-state index contributed by atoms with van der Waals surface area (Å²) in [4.78, 5) is 48.2. The van der Waals surface area contributed by atoms with Gasteiger partial charge in [0.2, 0.25) is 16.8 Å². The van der Waals surface area contributed by atoms with E-state index in [9.17, 15) is 14.4 Å². The Hall–Kier alpha value is -2.35. The molecular formula is C12H14N4O4. The maximum atomic E-state index is 12.3. The molecule has 2 N–H and O–H groups in total. The lowest BCUT2D eigenvalue weighted by Gasteiger charge is -2.10. The first-order valence-corrected chi connectivity index (χ1v) is 5.92. The number of amides is 1. The summed E-state index contributed by atoms with van der Waals surface area (Å²) in [6.07, 6.45) is 0. The molecule has 1 aliphatic rings. The van der Waals surface area contributed by atoms with Crippen LogP contribution in [0.3, 0.4) is 0 Å². The van der Waals surface area contributed by atoms with Crippen molar-refractivity contribution in [2.45, 2.75) is 33.2 Å². The molecule has 0 aliphatic carbocycles.